The highest BCUT2D eigenvalue weighted by Gasteiger charge is 2.18. The summed E-state index contributed by atoms with van der Waals surface area (Å²) >= 11 is 1.71. The largest absolute Gasteiger partial charge is 0.396 e. The minimum Gasteiger partial charge on any atom is -0.396 e. The molecule has 86 valence electrons. The summed E-state index contributed by atoms with van der Waals surface area (Å²) in [4.78, 5) is 4.62. The molecule has 15 heavy (non-hydrogen) atoms. The van der Waals surface area contributed by atoms with E-state index in [2.05, 4.69) is 38.1 Å². The molecule has 0 aliphatic rings. The Bertz CT molecular complexity index is 297. The monoisotopic (exact) mass is 227 g/mol. The van der Waals surface area contributed by atoms with E-state index in [1.165, 1.54) is 0 Å². The lowest BCUT2D eigenvalue weighted by Crippen LogP contribution is -2.12. The van der Waals surface area contributed by atoms with Crippen molar-refractivity contribution in [1.29, 1.82) is 0 Å². The number of thiazole rings is 1. The molecule has 1 rings (SSSR count). The lowest BCUT2D eigenvalue weighted by atomic mass is 9.93. The SMILES string of the molecule is CCC(CO)Cc1nc(C(C)(C)C)cs1. The number of hydrogen-bond acceptors (Lipinski definition) is 3. The predicted octanol–water partition coefficient (Wildman–Crippen LogP) is 3.00. The van der Waals surface area contributed by atoms with Crippen molar-refractivity contribution < 1.29 is 5.11 Å². The van der Waals surface area contributed by atoms with Crippen LogP contribution in [0.2, 0.25) is 0 Å². The van der Waals surface area contributed by atoms with Crippen LogP contribution in [0.1, 0.15) is 44.8 Å². The van der Waals surface area contributed by atoms with E-state index in [0.29, 0.717) is 5.92 Å². The molecule has 0 saturated heterocycles. The summed E-state index contributed by atoms with van der Waals surface area (Å²) in [6.07, 6.45) is 1.93. The number of aromatic nitrogens is 1. The van der Waals surface area contributed by atoms with Crippen molar-refractivity contribution in [1.82, 2.24) is 4.98 Å². The van der Waals surface area contributed by atoms with Crippen LogP contribution in [0.5, 0.6) is 0 Å². The van der Waals surface area contributed by atoms with Gasteiger partial charge in [-0.2, -0.15) is 0 Å². The summed E-state index contributed by atoms with van der Waals surface area (Å²) in [6.45, 7) is 8.90. The van der Waals surface area contributed by atoms with Gasteiger partial charge in [0.05, 0.1) is 10.7 Å². The molecule has 0 fully saturated rings. The van der Waals surface area contributed by atoms with E-state index in [1.54, 1.807) is 11.3 Å². The van der Waals surface area contributed by atoms with Crippen LogP contribution in [0.15, 0.2) is 5.38 Å². The molecule has 1 aromatic heterocycles. The highest BCUT2D eigenvalue weighted by Crippen LogP contribution is 2.25. The maximum absolute atomic E-state index is 9.13. The van der Waals surface area contributed by atoms with Crippen LogP contribution in [-0.4, -0.2) is 16.7 Å². The third-order valence-corrected chi connectivity index (χ3v) is 3.49. The molecule has 1 atom stereocenters. The van der Waals surface area contributed by atoms with Gasteiger partial charge in [-0.05, 0) is 5.92 Å². The van der Waals surface area contributed by atoms with Crippen molar-refractivity contribution in [2.75, 3.05) is 6.61 Å². The first-order valence-electron chi connectivity index (χ1n) is 5.53. The Morgan fingerprint density at radius 3 is 2.53 bits per heavy atom. The average Bonchev–Trinajstić information content (AvgIpc) is 2.61. The summed E-state index contributed by atoms with van der Waals surface area (Å²) in [7, 11) is 0. The van der Waals surface area contributed by atoms with Gasteiger partial charge in [0.2, 0.25) is 0 Å². The minimum absolute atomic E-state index is 0.135. The second kappa shape index (κ2) is 5.08. The van der Waals surface area contributed by atoms with Crippen LogP contribution in [0.4, 0.5) is 0 Å². The molecule has 0 saturated carbocycles. The lowest BCUT2D eigenvalue weighted by Gasteiger charge is -2.14. The van der Waals surface area contributed by atoms with E-state index < -0.39 is 0 Å². The molecule has 0 bridgehead atoms. The first-order chi connectivity index (χ1) is 6.97. The van der Waals surface area contributed by atoms with Crippen molar-refractivity contribution in [2.45, 2.75) is 46.0 Å². The van der Waals surface area contributed by atoms with Crippen molar-refractivity contribution in [3.63, 3.8) is 0 Å². The fourth-order valence-electron chi connectivity index (χ4n) is 1.33. The van der Waals surface area contributed by atoms with Crippen molar-refractivity contribution in [3.8, 4) is 0 Å². The van der Waals surface area contributed by atoms with Crippen molar-refractivity contribution in [3.05, 3.63) is 16.1 Å². The quantitative estimate of drug-likeness (QED) is 0.857. The Morgan fingerprint density at radius 2 is 2.13 bits per heavy atom. The van der Waals surface area contributed by atoms with E-state index in [1.807, 2.05) is 0 Å². The number of aliphatic hydroxyl groups is 1. The summed E-state index contributed by atoms with van der Waals surface area (Å²) in [6, 6.07) is 0. The second-order valence-electron chi connectivity index (χ2n) is 5.04. The molecule has 1 unspecified atom stereocenters. The van der Waals surface area contributed by atoms with Gasteiger partial charge in [-0.15, -0.1) is 11.3 Å². The Balaban J connectivity index is 2.68. The van der Waals surface area contributed by atoms with Crippen LogP contribution < -0.4 is 0 Å². The summed E-state index contributed by atoms with van der Waals surface area (Å²) in [5.41, 5.74) is 1.30. The Hall–Kier alpha value is -0.410. The minimum atomic E-state index is 0.135. The van der Waals surface area contributed by atoms with Gasteiger partial charge in [-0.3, -0.25) is 0 Å². The van der Waals surface area contributed by atoms with Crippen molar-refractivity contribution in [2.24, 2.45) is 5.92 Å². The molecule has 3 heteroatoms. The number of rotatable bonds is 4. The first kappa shape index (κ1) is 12.7. The maximum atomic E-state index is 9.13. The highest BCUT2D eigenvalue weighted by molar-refractivity contribution is 7.09. The maximum Gasteiger partial charge on any atom is 0.0932 e. The predicted molar refractivity (Wildman–Crippen MR) is 65.4 cm³/mol. The van der Waals surface area contributed by atoms with Crippen LogP contribution in [0.25, 0.3) is 0 Å². The fourth-order valence-corrected chi connectivity index (χ4v) is 2.47. The van der Waals surface area contributed by atoms with Gasteiger partial charge in [-0.25, -0.2) is 4.98 Å². The van der Waals surface area contributed by atoms with E-state index >= 15 is 0 Å². The molecule has 0 aromatic carbocycles. The molecular weight excluding hydrogens is 206 g/mol. The van der Waals surface area contributed by atoms with Gasteiger partial charge in [-0.1, -0.05) is 34.1 Å². The molecule has 1 N–H and O–H groups in total. The zero-order valence-corrected chi connectivity index (χ0v) is 10.9. The number of nitrogens with zero attached hydrogens (tertiary/aromatic N) is 1. The molecular formula is C12H21NOS. The molecule has 0 spiro atoms. The molecule has 1 heterocycles. The lowest BCUT2D eigenvalue weighted by molar-refractivity contribution is 0.222. The molecule has 1 aromatic rings. The Labute approximate surface area is 96.4 Å². The van der Waals surface area contributed by atoms with Crippen molar-refractivity contribution >= 4 is 11.3 Å². The average molecular weight is 227 g/mol. The molecule has 2 nitrogen and oxygen atoms in total. The van der Waals surface area contributed by atoms with Gasteiger partial charge in [0.25, 0.3) is 0 Å². The molecule has 0 aliphatic heterocycles. The number of aliphatic hydroxyl groups excluding tert-OH is 1. The standard InChI is InChI=1S/C12H21NOS/c1-5-9(7-14)6-11-13-10(8-15-11)12(2,3)4/h8-9,14H,5-7H2,1-4H3. The van der Waals surface area contributed by atoms with Gasteiger partial charge >= 0.3 is 0 Å². The first-order valence-corrected chi connectivity index (χ1v) is 6.41. The number of hydrogen-bond donors (Lipinski definition) is 1. The van der Waals surface area contributed by atoms with Gasteiger partial charge < -0.3 is 5.11 Å². The van der Waals surface area contributed by atoms with E-state index in [0.717, 1.165) is 23.5 Å². The normalized spacial score (nSPS) is 14.2. The van der Waals surface area contributed by atoms with E-state index in [-0.39, 0.29) is 12.0 Å². The third-order valence-electron chi connectivity index (χ3n) is 2.62. The summed E-state index contributed by atoms with van der Waals surface area (Å²) in [5.74, 6) is 0.365. The van der Waals surface area contributed by atoms with Crippen LogP contribution in [0, 0.1) is 5.92 Å². The Morgan fingerprint density at radius 1 is 1.47 bits per heavy atom. The third kappa shape index (κ3) is 3.58. The topological polar surface area (TPSA) is 33.1 Å². The van der Waals surface area contributed by atoms with E-state index in [9.17, 15) is 0 Å². The zero-order chi connectivity index (χ0) is 11.5. The summed E-state index contributed by atoms with van der Waals surface area (Å²) < 4.78 is 0. The molecule has 0 radical (unpaired) electrons. The smallest absolute Gasteiger partial charge is 0.0932 e. The Kier molecular flexibility index (Phi) is 4.29. The van der Waals surface area contributed by atoms with Gasteiger partial charge in [0.1, 0.15) is 0 Å². The van der Waals surface area contributed by atoms with Crippen LogP contribution >= 0.6 is 11.3 Å². The second-order valence-corrected chi connectivity index (χ2v) is 5.98. The summed E-state index contributed by atoms with van der Waals surface area (Å²) in [5, 5.41) is 12.4. The highest BCUT2D eigenvalue weighted by atomic mass is 32.1. The van der Waals surface area contributed by atoms with E-state index in [4.69, 9.17) is 5.11 Å². The fraction of sp³-hybridized carbons (Fsp3) is 0.750. The van der Waals surface area contributed by atoms with Crippen LogP contribution in [0.3, 0.4) is 0 Å². The zero-order valence-electron chi connectivity index (χ0n) is 10.1. The molecule has 0 amide bonds. The molecule has 0 aliphatic carbocycles. The van der Waals surface area contributed by atoms with Gasteiger partial charge in [0.15, 0.2) is 0 Å². The van der Waals surface area contributed by atoms with Crippen LogP contribution in [-0.2, 0) is 11.8 Å². The van der Waals surface area contributed by atoms with Gasteiger partial charge in [0, 0.05) is 23.8 Å².